The number of hydrogen-bond acceptors (Lipinski definition) is 3. The molecular weight excluding hydrogens is 178 g/mol. The average molecular weight is 195 g/mol. The molecule has 0 radical (unpaired) electrons. The minimum Gasteiger partial charge on any atom is -0.367 e. The Hall–Kier alpha value is -1.09. The number of carbonyl (C=O) groups excluding carboxylic acids is 1. The molecule has 1 aliphatic carbocycles. The number of carbonyl (C=O) groups is 1. The highest BCUT2D eigenvalue weighted by Gasteiger charge is 2.09. The number of nitrogens with one attached hydrogen (secondary N) is 1. The first-order chi connectivity index (χ1) is 6.84. The Labute approximate surface area is 84.8 Å². The van der Waals surface area contributed by atoms with E-state index in [1.807, 2.05) is 18.2 Å². The molecule has 0 atom stereocenters. The first kappa shape index (κ1) is 11.0. The summed E-state index contributed by atoms with van der Waals surface area (Å²) in [6, 6.07) is 0. The van der Waals surface area contributed by atoms with Gasteiger partial charge in [0.1, 0.15) is 0 Å². The van der Waals surface area contributed by atoms with E-state index in [1.165, 1.54) is 0 Å². The third-order valence-corrected chi connectivity index (χ3v) is 2.03. The molecule has 1 rings (SSSR count). The van der Waals surface area contributed by atoms with Crippen LogP contribution in [-0.2, 0) is 9.63 Å². The molecule has 3 heteroatoms. The Bertz CT molecular complexity index is 244. The zero-order valence-electron chi connectivity index (χ0n) is 8.58. The maximum absolute atomic E-state index is 11.4. The van der Waals surface area contributed by atoms with Crippen LogP contribution < -0.4 is 5.48 Å². The molecule has 0 amide bonds. The molecule has 0 spiro atoms. The van der Waals surface area contributed by atoms with Crippen LogP contribution >= 0.6 is 0 Å². The maximum atomic E-state index is 11.4. The SMILES string of the molecule is CCCCNOC(=O)C1=CCCC=C1. The number of hydrogen-bond donors (Lipinski definition) is 1. The molecule has 0 aromatic heterocycles. The van der Waals surface area contributed by atoms with Crippen LogP contribution in [0.3, 0.4) is 0 Å². The van der Waals surface area contributed by atoms with Crippen LogP contribution in [0.5, 0.6) is 0 Å². The second-order valence-electron chi connectivity index (χ2n) is 3.28. The van der Waals surface area contributed by atoms with E-state index >= 15 is 0 Å². The lowest BCUT2D eigenvalue weighted by molar-refractivity contribution is -0.145. The van der Waals surface area contributed by atoms with Crippen molar-refractivity contribution in [2.45, 2.75) is 32.6 Å². The normalized spacial score (nSPS) is 15.1. The molecule has 1 aliphatic rings. The summed E-state index contributed by atoms with van der Waals surface area (Å²) in [4.78, 5) is 16.2. The standard InChI is InChI=1S/C11H17NO2/c1-2-3-9-12-14-11(13)10-7-5-4-6-8-10/h5,7-8,12H,2-4,6,9H2,1H3. The van der Waals surface area contributed by atoms with E-state index < -0.39 is 0 Å². The molecule has 0 aromatic carbocycles. The van der Waals surface area contributed by atoms with Gasteiger partial charge < -0.3 is 4.84 Å². The number of allylic oxidation sites excluding steroid dienone is 2. The van der Waals surface area contributed by atoms with E-state index in [0.717, 1.165) is 32.2 Å². The number of hydroxylamine groups is 1. The lowest BCUT2D eigenvalue weighted by atomic mass is 10.1. The van der Waals surface area contributed by atoms with E-state index in [2.05, 4.69) is 12.4 Å². The Morgan fingerprint density at radius 3 is 3.07 bits per heavy atom. The van der Waals surface area contributed by atoms with E-state index in [0.29, 0.717) is 5.57 Å². The summed E-state index contributed by atoms with van der Waals surface area (Å²) in [5.41, 5.74) is 3.31. The second kappa shape index (κ2) is 6.38. The molecule has 1 N–H and O–H groups in total. The van der Waals surface area contributed by atoms with Crippen molar-refractivity contribution in [1.82, 2.24) is 5.48 Å². The quantitative estimate of drug-likeness (QED) is 0.539. The van der Waals surface area contributed by atoms with Gasteiger partial charge in [-0.25, -0.2) is 4.79 Å². The highest BCUT2D eigenvalue weighted by molar-refractivity contribution is 5.91. The van der Waals surface area contributed by atoms with Crippen LogP contribution in [0, 0.1) is 0 Å². The van der Waals surface area contributed by atoms with Crippen LogP contribution in [0.2, 0.25) is 0 Å². The van der Waals surface area contributed by atoms with E-state index in [9.17, 15) is 4.79 Å². The zero-order valence-corrected chi connectivity index (χ0v) is 8.58. The van der Waals surface area contributed by atoms with Crippen molar-refractivity contribution in [3.63, 3.8) is 0 Å². The Morgan fingerprint density at radius 1 is 1.57 bits per heavy atom. The topological polar surface area (TPSA) is 38.3 Å². The predicted octanol–water partition coefficient (Wildman–Crippen LogP) is 2.11. The fraction of sp³-hybridized carbons (Fsp3) is 0.545. The van der Waals surface area contributed by atoms with Gasteiger partial charge in [0.2, 0.25) is 0 Å². The highest BCUT2D eigenvalue weighted by Crippen LogP contribution is 2.10. The second-order valence-corrected chi connectivity index (χ2v) is 3.28. The predicted molar refractivity (Wildman–Crippen MR) is 55.5 cm³/mol. The third-order valence-electron chi connectivity index (χ3n) is 2.03. The minimum absolute atomic E-state index is 0.281. The molecule has 3 nitrogen and oxygen atoms in total. The van der Waals surface area contributed by atoms with E-state index in [-0.39, 0.29) is 5.97 Å². The van der Waals surface area contributed by atoms with Gasteiger partial charge in [0, 0.05) is 6.54 Å². The first-order valence-corrected chi connectivity index (χ1v) is 5.15. The molecule has 0 unspecified atom stereocenters. The lowest BCUT2D eigenvalue weighted by Gasteiger charge is -2.07. The third kappa shape index (κ3) is 3.75. The van der Waals surface area contributed by atoms with Gasteiger partial charge in [0.25, 0.3) is 0 Å². The molecule has 0 aromatic rings. The molecule has 78 valence electrons. The summed E-state index contributed by atoms with van der Waals surface area (Å²) in [5, 5.41) is 0. The average Bonchev–Trinajstić information content (AvgIpc) is 2.25. The largest absolute Gasteiger partial charge is 0.367 e. The zero-order chi connectivity index (χ0) is 10.2. The van der Waals surface area contributed by atoms with Crippen LogP contribution in [-0.4, -0.2) is 12.5 Å². The summed E-state index contributed by atoms with van der Waals surface area (Å²) in [5.74, 6) is -0.281. The summed E-state index contributed by atoms with van der Waals surface area (Å²) >= 11 is 0. The molecule has 14 heavy (non-hydrogen) atoms. The van der Waals surface area contributed by atoms with Gasteiger partial charge in [-0.1, -0.05) is 31.6 Å². The molecule has 0 saturated heterocycles. The van der Waals surface area contributed by atoms with Crippen molar-refractivity contribution in [2.24, 2.45) is 0 Å². The summed E-state index contributed by atoms with van der Waals surface area (Å²) < 4.78 is 0. The van der Waals surface area contributed by atoms with Gasteiger partial charge >= 0.3 is 5.97 Å². The minimum atomic E-state index is -0.281. The van der Waals surface area contributed by atoms with Crippen LogP contribution in [0.4, 0.5) is 0 Å². The summed E-state index contributed by atoms with van der Waals surface area (Å²) in [6.45, 7) is 2.81. The monoisotopic (exact) mass is 195 g/mol. The fourth-order valence-corrected chi connectivity index (χ4v) is 1.19. The van der Waals surface area contributed by atoms with Crippen molar-refractivity contribution >= 4 is 5.97 Å². The van der Waals surface area contributed by atoms with Crippen molar-refractivity contribution in [2.75, 3.05) is 6.54 Å². The van der Waals surface area contributed by atoms with Crippen molar-refractivity contribution in [3.05, 3.63) is 23.8 Å². The van der Waals surface area contributed by atoms with Crippen molar-refractivity contribution < 1.29 is 9.63 Å². The van der Waals surface area contributed by atoms with Crippen LogP contribution in [0.25, 0.3) is 0 Å². The molecule has 0 saturated carbocycles. The molecular formula is C11H17NO2. The summed E-state index contributed by atoms with van der Waals surface area (Å²) in [7, 11) is 0. The molecule has 0 heterocycles. The van der Waals surface area contributed by atoms with Crippen LogP contribution in [0.1, 0.15) is 32.6 Å². The van der Waals surface area contributed by atoms with Gasteiger partial charge in [-0.05, 0) is 19.3 Å². The van der Waals surface area contributed by atoms with Crippen molar-refractivity contribution in [3.8, 4) is 0 Å². The van der Waals surface area contributed by atoms with Gasteiger partial charge in [-0.15, -0.1) is 0 Å². The smallest absolute Gasteiger partial charge is 0.356 e. The maximum Gasteiger partial charge on any atom is 0.356 e. The van der Waals surface area contributed by atoms with Gasteiger partial charge in [0.05, 0.1) is 5.57 Å². The van der Waals surface area contributed by atoms with E-state index in [1.54, 1.807) is 0 Å². The van der Waals surface area contributed by atoms with E-state index in [4.69, 9.17) is 4.84 Å². The fourth-order valence-electron chi connectivity index (χ4n) is 1.19. The first-order valence-electron chi connectivity index (χ1n) is 5.15. The lowest BCUT2D eigenvalue weighted by Crippen LogP contribution is -2.22. The Morgan fingerprint density at radius 2 is 2.43 bits per heavy atom. The van der Waals surface area contributed by atoms with Crippen molar-refractivity contribution in [1.29, 1.82) is 0 Å². The van der Waals surface area contributed by atoms with Crippen LogP contribution in [0.15, 0.2) is 23.8 Å². The Kier molecular flexibility index (Phi) is 5.00. The molecule has 0 aliphatic heterocycles. The van der Waals surface area contributed by atoms with Gasteiger partial charge in [-0.2, -0.15) is 5.48 Å². The molecule has 0 bridgehead atoms. The number of rotatable bonds is 5. The molecule has 0 fully saturated rings. The number of unbranched alkanes of at least 4 members (excludes halogenated alkanes) is 1. The Balaban J connectivity index is 2.21. The van der Waals surface area contributed by atoms with Gasteiger partial charge in [-0.3, -0.25) is 0 Å². The highest BCUT2D eigenvalue weighted by atomic mass is 16.7. The van der Waals surface area contributed by atoms with Gasteiger partial charge in [0.15, 0.2) is 0 Å². The summed E-state index contributed by atoms with van der Waals surface area (Å²) in [6.07, 6.45) is 9.76.